The van der Waals surface area contributed by atoms with E-state index < -0.39 is 0 Å². The van der Waals surface area contributed by atoms with Gasteiger partial charge in [-0.05, 0) is 71.6 Å². The van der Waals surface area contributed by atoms with Gasteiger partial charge in [-0.1, -0.05) is 69.5 Å². The minimum Gasteiger partial charge on any atom is -0.0804 e. The monoisotopic (exact) mass is 306 g/mol. The van der Waals surface area contributed by atoms with Gasteiger partial charge >= 0.3 is 0 Å². The number of rotatable bonds is 6. The number of benzene rings is 2. The van der Waals surface area contributed by atoms with Crippen molar-refractivity contribution in [3.8, 4) is 0 Å². The van der Waals surface area contributed by atoms with Crippen LogP contribution in [-0.4, -0.2) is 0 Å². The van der Waals surface area contributed by atoms with Crippen molar-refractivity contribution < 1.29 is 0 Å². The van der Waals surface area contributed by atoms with Crippen LogP contribution < -0.4 is 0 Å². The fraction of sp³-hybridized carbons (Fsp3) is 0.478. The normalized spacial score (nSPS) is 18.2. The predicted octanol–water partition coefficient (Wildman–Crippen LogP) is 7.17. The summed E-state index contributed by atoms with van der Waals surface area (Å²) in [7, 11) is 0. The molecule has 0 saturated carbocycles. The summed E-state index contributed by atoms with van der Waals surface area (Å²) in [5.41, 5.74) is 4.48. The first-order valence-electron chi connectivity index (χ1n) is 9.52. The smallest absolute Gasteiger partial charge is 0.0178 e. The molecule has 0 fully saturated rings. The van der Waals surface area contributed by atoms with Crippen LogP contribution in [0.4, 0.5) is 0 Å². The highest BCUT2D eigenvalue weighted by Crippen LogP contribution is 2.33. The Balaban J connectivity index is 1.77. The van der Waals surface area contributed by atoms with Gasteiger partial charge in [0.05, 0.1) is 0 Å². The maximum absolute atomic E-state index is 2.48. The molecule has 23 heavy (non-hydrogen) atoms. The van der Waals surface area contributed by atoms with E-state index >= 15 is 0 Å². The molecule has 0 heterocycles. The van der Waals surface area contributed by atoms with Crippen molar-refractivity contribution in [3.63, 3.8) is 0 Å². The highest BCUT2D eigenvalue weighted by molar-refractivity contribution is 5.87. The molecule has 0 bridgehead atoms. The van der Waals surface area contributed by atoms with Gasteiger partial charge in [0.2, 0.25) is 0 Å². The van der Waals surface area contributed by atoms with E-state index in [0.717, 1.165) is 5.92 Å². The zero-order valence-electron chi connectivity index (χ0n) is 14.8. The lowest BCUT2D eigenvalue weighted by atomic mass is 9.85. The number of hydrogen-bond acceptors (Lipinski definition) is 0. The number of aryl methyl sites for hydroxylation is 1. The second-order valence-electron chi connectivity index (χ2n) is 7.13. The molecule has 1 atom stereocenters. The lowest BCUT2D eigenvalue weighted by Crippen LogP contribution is -2.03. The lowest BCUT2D eigenvalue weighted by Gasteiger charge is -2.21. The summed E-state index contributed by atoms with van der Waals surface area (Å²) in [4.78, 5) is 0. The van der Waals surface area contributed by atoms with Crippen LogP contribution >= 0.6 is 0 Å². The summed E-state index contributed by atoms with van der Waals surface area (Å²) in [5, 5.41) is 2.78. The molecule has 122 valence electrons. The average molecular weight is 306 g/mol. The Morgan fingerprint density at radius 1 is 0.957 bits per heavy atom. The van der Waals surface area contributed by atoms with E-state index in [1.807, 2.05) is 0 Å². The van der Waals surface area contributed by atoms with Crippen LogP contribution in [0, 0.1) is 5.92 Å². The SMILES string of the molecule is CCCCCc1ccc2cc(C3=CCC(CC)CC3)ccc2c1. The third-order valence-electron chi connectivity index (χ3n) is 5.44. The van der Waals surface area contributed by atoms with Crippen LogP contribution in [0.15, 0.2) is 42.5 Å². The Morgan fingerprint density at radius 3 is 2.52 bits per heavy atom. The van der Waals surface area contributed by atoms with Gasteiger partial charge in [0.15, 0.2) is 0 Å². The maximum atomic E-state index is 2.48. The first-order chi connectivity index (χ1) is 11.3. The first-order valence-corrected chi connectivity index (χ1v) is 9.52. The van der Waals surface area contributed by atoms with Gasteiger partial charge in [0.1, 0.15) is 0 Å². The molecule has 2 aromatic carbocycles. The first kappa shape index (κ1) is 16.3. The van der Waals surface area contributed by atoms with Crippen LogP contribution in [0.25, 0.3) is 16.3 Å². The highest BCUT2D eigenvalue weighted by atomic mass is 14.2. The fourth-order valence-electron chi connectivity index (χ4n) is 3.75. The van der Waals surface area contributed by atoms with Gasteiger partial charge in [0, 0.05) is 0 Å². The zero-order valence-corrected chi connectivity index (χ0v) is 14.8. The summed E-state index contributed by atoms with van der Waals surface area (Å²) in [6.07, 6.45) is 12.8. The topological polar surface area (TPSA) is 0 Å². The van der Waals surface area contributed by atoms with E-state index in [4.69, 9.17) is 0 Å². The second-order valence-corrected chi connectivity index (χ2v) is 7.13. The van der Waals surface area contributed by atoms with E-state index in [9.17, 15) is 0 Å². The summed E-state index contributed by atoms with van der Waals surface area (Å²) in [5.74, 6) is 0.907. The Bertz CT molecular complexity index is 677. The number of unbranched alkanes of at least 4 members (excludes halogenated alkanes) is 2. The molecule has 1 aliphatic carbocycles. The summed E-state index contributed by atoms with van der Waals surface area (Å²) in [6, 6.07) is 14.1. The number of allylic oxidation sites excluding steroid dienone is 2. The summed E-state index contributed by atoms with van der Waals surface area (Å²) >= 11 is 0. The molecule has 0 spiro atoms. The second kappa shape index (κ2) is 7.81. The summed E-state index contributed by atoms with van der Waals surface area (Å²) < 4.78 is 0. The molecule has 1 aliphatic rings. The zero-order chi connectivity index (χ0) is 16.1. The van der Waals surface area contributed by atoms with Crippen LogP contribution in [0.3, 0.4) is 0 Å². The quantitative estimate of drug-likeness (QED) is 0.496. The van der Waals surface area contributed by atoms with Crippen molar-refractivity contribution in [1.82, 2.24) is 0 Å². The van der Waals surface area contributed by atoms with Gasteiger partial charge in [-0.15, -0.1) is 0 Å². The van der Waals surface area contributed by atoms with Crippen LogP contribution in [0.1, 0.15) is 69.9 Å². The standard InChI is InChI=1S/C23H30/c1-3-5-6-7-19-10-13-23-17-22(15-14-21(23)16-19)20-11-8-18(4-2)9-12-20/h10-11,13-18H,3-9,12H2,1-2H3. The number of hydrogen-bond donors (Lipinski definition) is 0. The molecule has 0 N–H and O–H groups in total. The van der Waals surface area contributed by atoms with Crippen molar-refractivity contribution in [2.45, 2.75) is 65.2 Å². The van der Waals surface area contributed by atoms with E-state index in [1.54, 1.807) is 5.57 Å². The molecule has 2 aromatic rings. The molecule has 0 aromatic heterocycles. The fourth-order valence-corrected chi connectivity index (χ4v) is 3.75. The maximum Gasteiger partial charge on any atom is -0.0178 e. The lowest BCUT2D eigenvalue weighted by molar-refractivity contribution is 0.471. The van der Waals surface area contributed by atoms with E-state index in [0.29, 0.717) is 0 Å². The highest BCUT2D eigenvalue weighted by Gasteiger charge is 2.14. The van der Waals surface area contributed by atoms with E-state index in [2.05, 4.69) is 56.3 Å². The van der Waals surface area contributed by atoms with Crippen LogP contribution in [-0.2, 0) is 6.42 Å². The van der Waals surface area contributed by atoms with Crippen molar-refractivity contribution in [1.29, 1.82) is 0 Å². The van der Waals surface area contributed by atoms with Gasteiger partial charge in [-0.25, -0.2) is 0 Å². The predicted molar refractivity (Wildman–Crippen MR) is 103 cm³/mol. The third-order valence-corrected chi connectivity index (χ3v) is 5.44. The molecule has 0 amide bonds. The van der Waals surface area contributed by atoms with Crippen molar-refractivity contribution >= 4 is 16.3 Å². The third kappa shape index (κ3) is 4.05. The Morgan fingerprint density at radius 2 is 1.78 bits per heavy atom. The van der Waals surface area contributed by atoms with Gasteiger partial charge in [-0.2, -0.15) is 0 Å². The Kier molecular flexibility index (Phi) is 5.54. The molecule has 0 aliphatic heterocycles. The average Bonchev–Trinajstić information content (AvgIpc) is 2.61. The van der Waals surface area contributed by atoms with Crippen molar-refractivity contribution in [3.05, 3.63) is 53.6 Å². The minimum atomic E-state index is 0.907. The molecule has 3 rings (SSSR count). The largest absolute Gasteiger partial charge is 0.0804 e. The van der Waals surface area contributed by atoms with Crippen LogP contribution in [0.5, 0.6) is 0 Å². The van der Waals surface area contributed by atoms with Crippen molar-refractivity contribution in [2.24, 2.45) is 5.92 Å². The Labute approximate surface area is 141 Å². The van der Waals surface area contributed by atoms with E-state index in [1.165, 1.54) is 73.3 Å². The molecule has 0 nitrogen and oxygen atoms in total. The molecular weight excluding hydrogens is 276 g/mol. The molecule has 1 unspecified atom stereocenters. The Hall–Kier alpha value is -1.56. The summed E-state index contributed by atoms with van der Waals surface area (Å²) in [6.45, 7) is 4.59. The molecule has 0 saturated heterocycles. The van der Waals surface area contributed by atoms with Crippen molar-refractivity contribution in [2.75, 3.05) is 0 Å². The van der Waals surface area contributed by atoms with Gasteiger partial charge in [0.25, 0.3) is 0 Å². The van der Waals surface area contributed by atoms with Gasteiger partial charge in [-0.3, -0.25) is 0 Å². The van der Waals surface area contributed by atoms with Crippen LogP contribution in [0.2, 0.25) is 0 Å². The molecular formula is C23H30. The van der Waals surface area contributed by atoms with E-state index in [-0.39, 0.29) is 0 Å². The minimum absolute atomic E-state index is 0.907. The molecule has 0 radical (unpaired) electrons. The number of fused-ring (bicyclic) bond motifs is 1. The van der Waals surface area contributed by atoms with Gasteiger partial charge < -0.3 is 0 Å². The molecule has 0 heteroatoms.